The number of aryl methyl sites for hydroxylation is 3. The van der Waals surface area contributed by atoms with Crippen LogP contribution in [-0.4, -0.2) is 51.4 Å². The molecule has 0 aliphatic carbocycles. The summed E-state index contributed by atoms with van der Waals surface area (Å²) in [6.45, 7) is 8.65. The fraction of sp³-hybridized carbons (Fsp3) is 0.435. The zero-order chi connectivity index (χ0) is 21.1. The third-order valence-electron chi connectivity index (χ3n) is 5.91. The van der Waals surface area contributed by atoms with Gasteiger partial charge in [-0.1, -0.05) is 30.3 Å². The first-order chi connectivity index (χ1) is 14.5. The van der Waals surface area contributed by atoms with Crippen LogP contribution in [0.4, 0.5) is 0 Å². The predicted molar refractivity (Wildman–Crippen MR) is 121 cm³/mol. The van der Waals surface area contributed by atoms with E-state index in [1.54, 1.807) is 22.2 Å². The number of carbonyl (C=O) groups excluding carboxylic acids is 1. The van der Waals surface area contributed by atoms with E-state index in [2.05, 4.69) is 34.1 Å². The van der Waals surface area contributed by atoms with Gasteiger partial charge in [-0.25, -0.2) is 4.98 Å². The third-order valence-corrected chi connectivity index (χ3v) is 7.03. The molecule has 0 unspecified atom stereocenters. The number of amides is 1. The number of thiophene rings is 1. The molecule has 3 aromatic rings. The fourth-order valence-corrected chi connectivity index (χ4v) is 5.01. The molecule has 1 fully saturated rings. The van der Waals surface area contributed by atoms with Crippen molar-refractivity contribution in [1.82, 2.24) is 19.4 Å². The Bertz CT molecular complexity index is 1090. The van der Waals surface area contributed by atoms with E-state index in [1.807, 2.05) is 24.8 Å². The highest BCUT2D eigenvalue weighted by Crippen LogP contribution is 2.25. The van der Waals surface area contributed by atoms with Crippen molar-refractivity contribution in [3.05, 3.63) is 63.0 Å². The molecule has 7 heteroatoms. The molecule has 0 spiro atoms. The number of rotatable bonds is 5. The van der Waals surface area contributed by atoms with E-state index in [0.29, 0.717) is 18.4 Å². The summed E-state index contributed by atoms with van der Waals surface area (Å²) in [5, 5.41) is 0.693. The number of aromatic nitrogens is 2. The Morgan fingerprint density at radius 3 is 2.70 bits per heavy atom. The van der Waals surface area contributed by atoms with E-state index in [0.717, 1.165) is 54.4 Å². The Morgan fingerprint density at radius 1 is 1.10 bits per heavy atom. The molecular formula is C23H28N4O2S. The topological polar surface area (TPSA) is 58.4 Å². The highest BCUT2D eigenvalue weighted by atomic mass is 32.1. The lowest BCUT2D eigenvalue weighted by atomic mass is 10.2. The van der Waals surface area contributed by atoms with Gasteiger partial charge < -0.3 is 4.90 Å². The lowest BCUT2D eigenvalue weighted by molar-refractivity contribution is -0.131. The lowest BCUT2D eigenvalue weighted by Crippen LogP contribution is -2.36. The summed E-state index contributed by atoms with van der Waals surface area (Å²) in [5.74, 6) is 0.113. The second-order valence-electron chi connectivity index (χ2n) is 7.95. The molecule has 3 heterocycles. The van der Waals surface area contributed by atoms with Crippen molar-refractivity contribution in [2.24, 2.45) is 0 Å². The van der Waals surface area contributed by atoms with Crippen LogP contribution in [0.5, 0.6) is 0 Å². The molecular weight excluding hydrogens is 396 g/mol. The fourth-order valence-electron chi connectivity index (χ4n) is 4.02. The van der Waals surface area contributed by atoms with Crippen molar-refractivity contribution in [3.8, 4) is 0 Å². The zero-order valence-corrected chi connectivity index (χ0v) is 18.5. The number of fused-ring (bicyclic) bond motifs is 1. The summed E-state index contributed by atoms with van der Waals surface area (Å²) >= 11 is 1.55. The minimum Gasteiger partial charge on any atom is -0.341 e. The number of hydrogen-bond donors (Lipinski definition) is 0. The van der Waals surface area contributed by atoms with Gasteiger partial charge in [0.15, 0.2) is 0 Å². The molecule has 0 radical (unpaired) electrons. The van der Waals surface area contributed by atoms with Gasteiger partial charge in [-0.05, 0) is 31.4 Å². The van der Waals surface area contributed by atoms with Crippen LogP contribution in [0.3, 0.4) is 0 Å². The maximum absolute atomic E-state index is 12.8. The van der Waals surface area contributed by atoms with Gasteiger partial charge in [-0.3, -0.25) is 19.1 Å². The Hall–Kier alpha value is -2.51. The first kappa shape index (κ1) is 20.8. The largest absolute Gasteiger partial charge is 0.341 e. The smallest absolute Gasteiger partial charge is 0.262 e. The number of carbonyl (C=O) groups is 1. The lowest BCUT2D eigenvalue weighted by Gasteiger charge is -2.22. The highest BCUT2D eigenvalue weighted by Gasteiger charge is 2.20. The van der Waals surface area contributed by atoms with Crippen molar-refractivity contribution in [2.75, 3.05) is 26.2 Å². The molecule has 1 saturated heterocycles. The molecule has 30 heavy (non-hydrogen) atoms. The minimum absolute atomic E-state index is 0.0421. The molecule has 158 valence electrons. The average molecular weight is 425 g/mol. The van der Waals surface area contributed by atoms with Crippen LogP contribution in [0, 0.1) is 13.8 Å². The maximum Gasteiger partial charge on any atom is 0.262 e. The number of benzene rings is 1. The molecule has 6 nitrogen and oxygen atoms in total. The molecule has 4 rings (SSSR count). The average Bonchev–Trinajstić information content (AvgIpc) is 2.91. The maximum atomic E-state index is 12.8. The van der Waals surface area contributed by atoms with Crippen LogP contribution in [-0.2, 0) is 17.9 Å². The molecule has 0 saturated carbocycles. The third kappa shape index (κ3) is 4.47. The molecule has 0 N–H and O–H groups in total. The van der Waals surface area contributed by atoms with Crippen molar-refractivity contribution >= 4 is 27.5 Å². The highest BCUT2D eigenvalue weighted by molar-refractivity contribution is 7.18. The van der Waals surface area contributed by atoms with Gasteiger partial charge in [0.2, 0.25) is 5.91 Å². The molecule has 1 aromatic carbocycles. The van der Waals surface area contributed by atoms with Crippen LogP contribution in [0.15, 0.2) is 41.5 Å². The van der Waals surface area contributed by atoms with Gasteiger partial charge >= 0.3 is 0 Å². The summed E-state index contributed by atoms with van der Waals surface area (Å²) in [6.07, 6.45) is 2.88. The van der Waals surface area contributed by atoms with E-state index in [1.165, 1.54) is 5.56 Å². The monoisotopic (exact) mass is 424 g/mol. The van der Waals surface area contributed by atoms with E-state index in [4.69, 9.17) is 0 Å². The first-order valence-corrected chi connectivity index (χ1v) is 11.3. The second kappa shape index (κ2) is 9.10. The van der Waals surface area contributed by atoms with E-state index in [9.17, 15) is 9.59 Å². The van der Waals surface area contributed by atoms with Crippen LogP contribution < -0.4 is 5.56 Å². The van der Waals surface area contributed by atoms with Crippen LogP contribution >= 0.6 is 11.3 Å². The first-order valence-electron chi connectivity index (χ1n) is 10.5. The van der Waals surface area contributed by atoms with Crippen LogP contribution in [0.25, 0.3) is 10.2 Å². The van der Waals surface area contributed by atoms with Crippen LogP contribution in [0.1, 0.15) is 28.8 Å². The van der Waals surface area contributed by atoms with E-state index in [-0.39, 0.29) is 11.5 Å². The van der Waals surface area contributed by atoms with Gasteiger partial charge in [-0.2, -0.15) is 0 Å². The van der Waals surface area contributed by atoms with Gasteiger partial charge in [0, 0.05) is 50.6 Å². The predicted octanol–water partition coefficient (Wildman–Crippen LogP) is 3.20. The van der Waals surface area contributed by atoms with Gasteiger partial charge in [0.1, 0.15) is 4.83 Å². The Balaban J connectivity index is 1.35. The molecule has 1 amide bonds. The number of nitrogens with zero attached hydrogens (tertiary/aromatic N) is 4. The molecule has 0 bridgehead atoms. The Morgan fingerprint density at radius 2 is 1.90 bits per heavy atom. The molecule has 0 atom stereocenters. The summed E-state index contributed by atoms with van der Waals surface area (Å²) in [5.41, 5.74) is 2.26. The Labute approximate surface area is 180 Å². The standard InChI is InChI=1S/C23H28N4O2S/c1-17-18(2)30-22-21(17)23(29)27(16-24-22)12-9-20(28)26-11-6-10-25(13-14-26)15-19-7-4-3-5-8-19/h3-5,7-8,16H,6,9-15H2,1-2H3. The summed E-state index contributed by atoms with van der Waals surface area (Å²) in [4.78, 5) is 36.3. The molecule has 2 aromatic heterocycles. The van der Waals surface area contributed by atoms with E-state index < -0.39 is 0 Å². The summed E-state index contributed by atoms with van der Waals surface area (Å²) < 4.78 is 1.58. The summed E-state index contributed by atoms with van der Waals surface area (Å²) in [6, 6.07) is 10.5. The van der Waals surface area contributed by atoms with Gasteiger partial charge in [0.05, 0.1) is 11.7 Å². The normalized spacial score (nSPS) is 15.5. The van der Waals surface area contributed by atoms with Crippen molar-refractivity contribution in [1.29, 1.82) is 0 Å². The van der Waals surface area contributed by atoms with Crippen LogP contribution in [0.2, 0.25) is 0 Å². The SMILES string of the molecule is Cc1sc2ncn(CCC(=O)N3CCCN(Cc4ccccc4)CC3)c(=O)c2c1C. The number of hydrogen-bond acceptors (Lipinski definition) is 5. The van der Waals surface area contributed by atoms with Gasteiger partial charge in [-0.15, -0.1) is 11.3 Å². The minimum atomic E-state index is -0.0421. The quantitative estimate of drug-likeness (QED) is 0.631. The van der Waals surface area contributed by atoms with Crippen molar-refractivity contribution in [2.45, 2.75) is 39.8 Å². The molecule has 1 aliphatic rings. The molecule has 1 aliphatic heterocycles. The zero-order valence-electron chi connectivity index (χ0n) is 17.6. The Kier molecular flexibility index (Phi) is 6.29. The van der Waals surface area contributed by atoms with Crippen molar-refractivity contribution < 1.29 is 4.79 Å². The van der Waals surface area contributed by atoms with Crippen molar-refractivity contribution in [3.63, 3.8) is 0 Å². The van der Waals surface area contributed by atoms with Gasteiger partial charge in [0.25, 0.3) is 5.56 Å². The second-order valence-corrected chi connectivity index (χ2v) is 9.16. The summed E-state index contributed by atoms with van der Waals surface area (Å²) in [7, 11) is 0. The van der Waals surface area contributed by atoms with E-state index >= 15 is 0 Å².